The maximum atomic E-state index is 9.56. The van der Waals surface area contributed by atoms with Crippen LogP contribution >= 0.6 is 0 Å². The Hall–Kier alpha value is -2.95. The second-order valence-corrected chi connectivity index (χ2v) is 8.58. The number of nitrogens with zero attached hydrogens (tertiary/aromatic N) is 3. The largest absolute Gasteiger partial charge is 0.395 e. The van der Waals surface area contributed by atoms with Gasteiger partial charge in [-0.25, -0.2) is 4.98 Å². The number of rotatable bonds is 6. The summed E-state index contributed by atoms with van der Waals surface area (Å²) in [5, 5.41) is 9.56. The molecule has 1 atom stereocenters. The Morgan fingerprint density at radius 2 is 1.65 bits per heavy atom. The molecule has 158 valence electrons. The molecule has 1 aromatic heterocycles. The minimum absolute atomic E-state index is 0.258. The molecule has 0 radical (unpaired) electrons. The molecule has 3 aromatic carbocycles. The van der Waals surface area contributed by atoms with Crippen molar-refractivity contribution >= 4 is 11.0 Å². The number of benzene rings is 3. The van der Waals surface area contributed by atoms with Crippen molar-refractivity contribution < 1.29 is 5.11 Å². The number of fused-ring (bicyclic) bond motifs is 1. The van der Waals surface area contributed by atoms with Crippen molar-refractivity contribution in [3.8, 4) is 11.1 Å². The zero-order chi connectivity index (χ0) is 21.2. The summed E-state index contributed by atoms with van der Waals surface area (Å²) in [5.74, 6) is 1.04. The van der Waals surface area contributed by atoms with Crippen molar-refractivity contribution in [1.82, 2.24) is 14.5 Å². The molecule has 0 spiro atoms. The van der Waals surface area contributed by atoms with Crippen molar-refractivity contribution in [3.63, 3.8) is 0 Å². The molecule has 4 aromatic rings. The number of aryl methyl sites for hydroxylation is 1. The van der Waals surface area contributed by atoms with E-state index in [2.05, 4.69) is 89.2 Å². The van der Waals surface area contributed by atoms with E-state index in [1.165, 1.54) is 34.2 Å². The van der Waals surface area contributed by atoms with E-state index in [9.17, 15) is 5.11 Å². The summed E-state index contributed by atoms with van der Waals surface area (Å²) in [6, 6.07) is 26.3. The lowest BCUT2D eigenvalue weighted by Crippen LogP contribution is -2.31. The summed E-state index contributed by atoms with van der Waals surface area (Å²) >= 11 is 0. The molecular formula is C27H29N3O. The zero-order valence-electron chi connectivity index (χ0n) is 18.0. The fourth-order valence-corrected chi connectivity index (χ4v) is 4.74. The van der Waals surface area contributed by atoms with E-state index in [-0.39, 0.29) is 6.61 Å². The topological polar surface area (TPSA) is 41.3 Å². The van der Waals surface area contributed by atoms with Gasteiger partial charge in [-0.1, -0.05) is 60.7 Å². The molecule has 0 aliphatic carbocycles. The molecule has 2 heterocycles. The average Bonchev–Trinajstić information content (AvgIpc) is 3.38. The molecule has 0 amide bonds. The van der Waals surface area contributed by atoms with E-state index in [4.69, 9.17) is 4.98 Å². The fraction of sp³-hybridized carbons (Fsp3) is 0.296. The predicted molar refractivity (Wildman–Crippen MR) is 126 cm³/mol. The van der Waals surface area contributed by atoms with Crippen LogP contribution in [0.4, 0.5) is 0 Å². The van der Waals surface area contributed by atoms with Crippen molar-refractivity contribution in [2.45, 2.75) is 38.9 Å². The molecule has 0 bridgehead atoms. The van der Waals surface area contributed by atoms with Gasteiger partial charge in [0, 0.05) is 19.1 Å². The highest BCUT2D eigenvalue weighted by Gasteiger charge is 2.23. The van der Waals surface area contributed by atoms with Crippen LogP contribution in [0.3, 0.4) is 0 Å². The van der Waals surface area contributed by atoms with Crippen LogP contribution in [0.5, 0.6) is 0 Å². The van der Waals surface area contributed by atoms with Crippen LogP contribution < -0.4 is 0 Å². The molecule has 1 N–H and O–H groups in total. The van der Waals surface area contributed by atoms with Gasteiger partial charge >= 0.3 is 0 Å². The van der Waals surface area contributed by atoms with Gasteiger partial charge in [-0.05, 0) is 60.7 Å². The normalized spacial score (nSPS) is 16.9. The number of aliphatic hydroxyl groups excluding tert-OH is 1. The van der Waals surface area contributed by atoms with Crippen LogP contribution in [0.1, 0.15) is 29.8 Å². The van der Waals surface area contributed by atoms with Gasteiger partial charge in [-0.15, -0.1) is 0 Å². The highest BCUT2D eigenvalue weighted by Crippen LogP contribution is 2.27. The Kier molecular flexibility index (Phi) is 5.58. The Morgan fingerprint density at radius 1 is 0.903 bits per heavy atom. The third-order valence-corrected chi connectivity index (χ3v) is 6.51. The average molecular weight is 412 g/mol. The highest BCUT2D eigenvalue weighted by atomic mass is 16.3. The molecule has 4 heteroatoms. The summed E-state index contributed by atoms with van der Waals surface area (Å²) in [5.41, 5.74) is 7.22. The van der Waals surface area contributed by atoms with Gasteiger partial charge < -0.3 is 9.67 Å². The Balaban J connectivity index is 1.40. The highest BCUT2D eigenvalue weighted by molar-refractivity contribution is 5.82. The smallest absolute Gasteiger partial charge is 0.107 e. The third-order valence-electron chi connectivity index (χ3n) is 6.51. The van der Waals surface area contributed by atoms with Crippen LogP contribution in [0.25, 0.3) is 22.2 Å². The first-order chi connectivity index (χ1) is 15.2. The van der Waals surface area contributed by atoms with Gasteiger partial charge in [0.15, 0.2) is 0 Å². The molecule has 1 aliphatic rings. The van der Waals surface area contributed by atoms with Gasteiger partial charge in [0.1, 0.15) is 5.82 Å². The summed E-state index contributed by atoms with van der Waals surface area (Å²) in [6.45, 7) is 5.15. The molecule has 5 rings (SSSR count). The van der Waals surface area contributed by atoms with Crippen molar-refractivity contribution in [3.05, 3.63) is 89.7 Å². The number of hydrogen-bond acceptors (Lipinski definition) is 3. The number of likely N-dealkylation sites (tertiary alicyclic amines) is 1. The number of imidazole rings is 1. The molecule has 0 saturated carbocycles. The molecule has 1 aliphatic heterocycles. The molecule has 1 fully saturated rings. The maximum absolute atomic E-state index is 9.56. The standard InChI is InChI=1S/C27H29N3O/c1-20-28-26-14-13-24(16-27(26)30(20)18-21-6-3-2-4-7-21)23-11-9-22(10-12-23)17-29-15-5-8-25(29)19-31/h2-4,6-7,9-14,16,25,31H,5,8,15,17-19H2,1H3/t25-/m1/s1. The monoisotopic (exact) mass is 411 g/mol. The lowest BCUT2D eigenvalue weighted by molar-refractivity contribution is 0.153. The van der Waals surface area contributed by atoms with E-state index < -0.39 is 0 Å². The Morgan fingerprint density at radius 3 is 2.42 bits per heavy atom. The Labute approximate surface area is 183 Å². The molecular weight excluding hydrogens is 382 g/mol. The number of hydrogen-bond donors (Lipinski definition) is 1. The van der Waals surface area contributed by atoms with Gasteiger partial charge in [-0.3, -0.25) is 4.90 Å². The lowest BCUT2D eigenvalue weighted by Gasteiger charge is -2.22. The number of aliphatic hydroxyl groups is 1. The van der Waals surface area contributed by atoms with E-state index in [0.717, 1.165) is 37.4 Å². The van der Waals surface area contributed by atoms with Crippen LogP contribution in [0.2, 0.25) is 0 Å². The van der Waals surface area contributed by atoms with Gasteiger partial charge in [0.05, 0.1) is 17.6 Å². The van der Waals surface area contributed by atoms with Gasteiger partial charge in [0.25, 0.3) is 0 Å². The lowest BCUT2D eigenvalue weighted by atomic mass is 10.0. The van der Waals surface area contributed by atoms with Crippen molar-refractivity contribution in [1.29, 1.82) is 0 Å². The second kappa shape index (κ2) is 8.66. The second-order valence-electron chi connectivity index (χ2n) is 8.58. The summed E-state index contributed by atoms with van der Waals surface area (Å²) in [4.78, 5) is 7.16. The van der Waals surface area contributed by atoms with Crippen LogP contribution in [-0.4, -0.2) is 38.8 Å². The van der Waals surface area contributed by atoms with E-state index in [1.54, 1.807) is 0 Å². The number of aromatic nitrogens is 2. The first-order valence-electron chi connectivity index (χ1n) is 11.2. The summed E-state index contributed by atoms with van der Waals surface area (Å²) < 4.78 is 2.30. The fourth-order valence-electron chi connectivity index (χ4n) is 4.74. The maximum Gasteiger partial charge on any atom is 0.107 e. The van der Waals surface area contributed by atoms with Crippen LogP contribution in [-0.2, 0) is 13.1 Å². The van der Waals surface area contributed by atoms with E-state index >= 15 is 0 Å². The minimum Gasteiger partial charge on any atom is -0.395 e. The molecule has 0 unspecified atom stereocenters. The van der Waals surface area contributed by atoms with Gasteiger partial charge in [0.2, 0.25) is 0 Å². The van der Waals surface area contributed by atoms with Gasteiger partial charge in [-0.2, -0.15) is 0 Å². The van der Waals surface area contributed by atoms with Crippen molar-refractivity contribution in [2.24, 2.45) is 0 Å². The SMILES string of the molecule is Cc1nc2ccc(-c3ccc(CN4CCC[C@@H]4CO)cc3)cc2n1Cc1ccccc1. The summed E-state index contributed by atoms with van der Waals surface area (Å²) in [7, 11) is 0. The molecule has 1 saturated heterocycles. The quantitative estimate of drug-likeness (QED) is 0.485. The van der Waals surface area contributed by atoms with E-state index in [0.29, 0.717) is 6.04 Å². The minimum atomic E-state index is 0.258. The Bertz CT molecular complexity index is 1160. The van der Waals surface area contributed by atoms with Crippen LogP contribution in [0.15, 0.2) is 72.8 Å². The molecule has 4 nitrogen and oxygen atoms in total. The van der Waals surface area contributed by atoms with Crippen molar-refractivity contribution in [2.75, 3.05) is 13.2 Å². The molecule has 31 heavy (non-hydrogen) atoms. The summed E-state index contributed by atoms with van der Waals surface area (Å²) in [6.07, 6.45) is 2.28. The first kappa shape index (κ1) is 20.0. The zero-order valence-corrected chi connectivity index (χ0v) is 18.0. The third kappa shape index (κ3) is 4.14. The van der Waals surface area contributed by atoms with E-state index in [1.807, 2.05) is 0 Å². The predicted octanol–water partition coefficient (Wildman–Crippen LogP) is 5.02. The first-order valence-corrected chi connectivity index (χ1v) is 11.2. The van der Waals surface area contributed by atoms with Crippen LogP contribution in [0, 0.1) is 6.92 Å².